The lowest BCUT2D eigenvalue weighted by atomic mass is 10.2. The minimum atomic E-state index is -3.41. The molecule has 2 aliphatic rings. The Balaban J connectivity index is 1.98. The maximum atomic E-state index is 12.9. The molecule has 0 aromatic heterocycles. The van der Waals surface area contributed by atoms with Crippen molar-refractivity contribution in [2.24, 2.45) is 5.92 Å². The topological polar surface area (TPSA) is 37.4 Å². The number of nitrogens with zero attached hydrogens (tertiary/aromatic N) is 1. The van der Waals surface area contributed by atoms with Gasteiger partial charge in [-0.05, 0) is 72.2 Å². The molecule has 3 nitrogen and oxygen atoms in total. The Morgan fingerprint density at radius 3 is 2.35 bits per heavy atom. The van der Waals surface area contributed by atoms with Crippen LogP contribution in [0.3, 0.4) is 0 Å². The number of hydrogen-bond donors (Lipinski definition) is 0. The molecule has 0 bridgehead atoms. The van der Waals surface area contributed by atoms with Crippen molar-refractivity contribution in [3.05, 3.63) is 26.6 Å². The molecule has 0 heterocycles. The van der Waals surface area contributed by atoms with Crippen LogP contribution < -0.4 is 0 Å². The first-order valence-electron chi connectivity index (χ1n) is 6.87. The first-order chi connectivity index (χ1) is 9.39. The van der Waals surface area contributed by atoms with Crippen molar-refractivity contribution in [2.45, 2.75) is 43.5 Å². The number of halogens is 2. The molecular formula is C14H17Br2NO2S. The molecule has 3 rings (SSSR count). The smallest absolute Gasteiger partial charge is 0.207 e. The Hall–Kier alpha value is 0.0900. The van der Waals surface area contributed by atoms with Gasteiger partial charge >= 0.3 is 0 Å². The van der Waals surface area contributed by atoms with Gasteiger partial charge in [-0.3, -0.25) is 0 Å². The quantitative estimate of drug-likeness (QED) is 0.716. The third-order valence-electron chi connectivity index (χ3n) is 3.89. The van der Waals surface area contributed by atoms with Gasteiger partial charge in [-0.1, -0.05) is 15.9 Å². The van der Waals surface area contributed by atoms with E-state index < -0.39 is 10.0 Å². The highest BCUT2D eigenvalue weighted by Gasteiger charge is 2.41. The van der Waals surface area contributed by atoms with Gasteiger partial charge in [0.1, 0.15) is 0 Å². The van der Waals surface area contributed by atoms with E-state index in [1.54, 1.807) is 10.4 Å². The van der Waals surface area contributed by atoms with Gasteiger partial charge in [0.2, 0.25) is 10.0 Å². The Kier molecular flexibility index (Phi) is 4.03. The van der Waals surface area contributed by atoms with Crippen LogP contribution in [-0.4, -0.2) is 25.3 Å². The minimum Gasteiger partial charge on any atom is -0.207 e. The molecule has 0 spiro atoms. The normalized spacial score (nSPS) is 19.6. The van der Waals surface area contributed by atoms with E-state index in [9.17, 15) is 8.42 Å². The molecule has 110 valence electrons. The highest BCUT2D eigenvalue weighted by Crippen LogP contribution is 2.40. The Bertz CT molecular complexity index is 637. The van der Waals surface area contributed by atoms with E-state index in [2.05, 4.69) is 31.9 Å². The van der Waals surface area contributed by atoms with Crippen molar-refractivity contribution >= 4 is 41.9 Å². The lowest BCUT2D eigenvalue weighted by Crippen LogP contribution is -2.35. The van der Waals surface area contributed by atoms with Crippen LogP contribution in [0.5, 0.6) is 0 Å². The minimum absolute atomic E-state index is 0.215. The summed E-state index contributed by atoms with van der Waals surface area (Å²) in [5.74, 6) is 0.568. The second-order valence-corrected chi connectivity index (χ2v) is 9.35. The highest BCUT2D eigenvalue weighted by molar-refractivity contribution is 9.11. The number of benzene rings is 1. The molecule has 0 aliphatic heterocycles. The van der Waals surface area contributed by atoms with E-state index in [1.165, 1.54) is 0 Å². The molecule has 0 saturated heterocycles. The summed E-state index contributed by atoms with van der Waals surface area (Å²) in [6, 6.07) is 3.79. The van der Waals surface area contributed by atoms with Gasteiger partial charge in [0.15, 0.2) is 0 Å². The van der Waals surface area contributed by atoms with Crippen molar-refractivity contribution in [3.63, 3.8) is 0 Å². The molecule has 2 fully saturated rings. The molecule has 1 aromatic carbocycles. The molecule has 2 saturated carbocycles. The first kappa shape index (κ1) is 15.0. The van der Waals surface area contributed by atoms with Crippen molar-refractivity contribution in [1.82, 2.24) is 4.31 Å². The van der Waals surface area contributed by atoms with Crippen LogP contribution in [0.4, 0.5) is 0 Å². The van der Waals surface area contributed by atoms with Crippen molar-refractivity contribution < 1.29 is 8.42 Å². The molecular weight excluding hydrogens is 406 g/mol. The predicted octanol–water partition coefficient (Wildman–Crippen LogP) is 4.08. The third kappa shape index (κ3) is 2.98. The van der Waals surface area contributed by atoms with Gasteiger partial charge in [-0.15, -0.1) is 0 Å². The summed E-state index contributed by atoms with van der Waals surface area (Å²) in [5, 5.41) is 0. The molecule has 0 atom stereocenters. The van der Waals surface area contributed by atoms with Crippen molar-refractivity contribution in [1.29, 1.82) is 0 Å². The monoisotopic (exact) mass is 421 g/mol. The van der Waals surface area contributed by atoms with Crippen molar-refractivity contribution in [3.8, 4) is 0 Å². The lowest BCUT2D eigenvalue weighted by Gasteiger charge is -2.23. The maximum absolute atomic E-state index is 12.9. The molecule has 0 radical (unpaired) electrons. The Labute approximate surface area is 137 Å². The van der Waals surface area contributed by atoms with E-state index >= 15 is 0 Å². The fraction of sp³-hybridized carbons (Fsp3) is 0.571. The summed E-state index contributed by atoms with van der Waals surface area (Å²) in [6.45, 7) is 2.64. The molecule has 0 unspecified atom stereocenters. The van der Waals surface area contributed by atoms with E-state index in [4.69, 9.17) is 0 Å². The SMILES string of the molecule is Cc1cc(Br)c(S(=O)(=O)N(CC2CC2)C2CC2)cc1Br. The van der Waals surface area contributed by atoms with E-state index in [0.717, 1.165) is 35.7 Å². The average Bonchev–Trinajstić information content (AvgIpc) is 3.24. The zero-order valence-electron chi connectivity index (χ0n) is 11.3. The fourth-order valence-electron chi connectivity index (χ4n) is 2.31. The average molecular weight is 423 g/mol. The number of aryl methyl sites for hydroxylation is 1. The molecule has 2 aliphatic carbocycles. The van der Waals surface area contributed by atoms with Gasteiger partial charge in [-0.2, -0.15) is 4.31 Å². The van der Waals surface area contributed by atoms with Gasteiger partial charge in [0, 0.05) is 21.5 Å². The lowest BCUT2D eigenvalue weighted by molar-refractivity contribution is 0.388. The second-order valence-electron chi connectivity index (χ2n) is 5.78. The third-order valence-corrected chi connectivity index (χ3v) is 7.62. The van der Waals surface area contributed by atoms with Gasteiger partial charge in [-0.25, -0.2) is 8.42 Å². The van der Waals surface area contributed by atoms with E-state index in [1.807, 2.05) is 13.0 Å². The first-order valence-corrected chi connectivity index (χ1v) is 9.89. The highest BCUT2D eigenvalue weighted by atomic mass is 79.9. The van der Waals surface area contributed by atoms with Crippen molar-refractivity contribution in [2.75, 3.05) is 6.54 Å². The van der Waals surface area contributed by atoms with E-state index in [-0.39, 0.29) is 6.04 Å². The summed E-state index contributed by atoms with van der Waals surface area (Å²) in [6.07, 6.45) is 4.32. The van der Waals surface area contributed by atoms with Crippen LogP contribution in [0.2, 0.25) is 0 Å². The largest absolute Gasteiger partial charge is 0.244 e. The van der Waals surface area contributed by atoms with Gasteiger partial charge < -0.3 is 0 Å². The Morgan fingerprint density at radius 2 is 1.80 bits per heavy atom. The summed E-state index contributed by atoms with van der Waals surface area (Å²) < 4.78 is 29.1. The van der Waals surface area contributed by atoms with Crippen LogP contribution in [0, 0.1) is 12.8 Å². The predicted molar refractivity (Wildman–Crippen MR) is 86.2 cm³/mol. The summed E-state index contributed by atoms with van der Waals surface area (Å²) in [4.78, 5) is 0.377. The van der Waals surface area contributed by atoms with Crippen LogP contribution in [-0.2, 0) is 10.0 Å². The molecule has 20 heavy (non-hydrogen) atoms. The molecule has 0 N–H and O–H groups in total. The molecule has 0 amide bonds. The van der Waals surface area contributed by atoms with Crippen LogP contribution in [0.15, 0.2) is 26.0 Å². The summed E-state index contributed by atoms with van der Waals surface area (Å²) in [5.41, 5.74) is 1.02. The summed E-state index contributed by atoms with van der Waals surface area (Å²) >= 11 is 6.84. The van der Waals surface area contributed by atoms with Crippen LogP contribution in [0.1, 0.15) is 31.2 Å². The van der Waals surface area contributed by atoms with Crippen LogP contribution in [0.25, 0.3) is 0 Å². The summed E-state index contributed by atoms with van der Waals surface area (Å²) in [7, 11) is -3.41. The zero-order chi connectivity index (χ0) is 14.5. The standard InChI is InChI=1S/C14H17Br2NO2S/c1-9-6-13(16)14(7-12(9)15)20(18,19)17(11-4-5-11)8-10-2-3-10/h6-7,10-11H,2-5,8H2,1H3. The van der Waals surface area contributed by atoms with Crippen LogP contribution >= 0.6 is 31.9 Å². The second kappa shape index (κ2) is 5.38. The number of hydrogen-bond acceptors (Lipinski definition) is 2. The fourth-order valence-corrected chi connectivity index (χ4v) is 5.71. The van der Waals surface area contributed by atoms with Gasteiger partial charge in [0.05, 0.1) is 4.90 Å². The Morgan fingerprint density at radius 1 is 1.15 bits per heavy atom. The maximum Gasteiger partial charge on any atom is 0.244 e. The van der Waals surface area contributed by atoms with Gasteiger partial charge in [0.25, 0.3) is 0 Å². The number of sulfonamides is 1. The molecule has 6 heteroatoms. The number of rotatable bonds is 5. The van der Waals surface area contributed by atoms with E-state index in [0.29, 0.717) is 21.8 Å². The zero-order valence-corrected chi connectivity index (χ0v) is 15.3. The molecule has 1 aromatic rings.